The van der Waals surface area contributed by atoms with Crippen LogP contribution in [0.3, 0.4) is 0 Å². The Morgan fingerprint density at radius 1 is 1.44 bits per heavy atom. The second kappa shape index (κ2) is 5.96. The van der Waals surface area contributed by atoms with E-state index in [0.29, 0.717) is 19.3 Å². The Labute approximate surface area is 115 Å². The third kappa shape index (κ3) is 3.53. The molecule has 0 fully saturated rings. The second-order valence-corrected chi connectivity index (χ2v) is 5.22. The Balaban J connectivity index is 1.88. The fourth-order valence-corrected chi connectivity index (χ4v) is 2.30. The maximum Gasteiger partial charge on any atom is 0.137 e. The van der Waals surface area contributed by atoms with Gasteiger partial charge in [-0.1, -0.05) is 28.1 Å². The van der Waals surface area contributed by atoms with Crippen LogP contribution in [0.1, 0.15) is 17.8 Å². The van der Waals surface area contributed by atoms with Crippen LogP contribution in [0, 0.1) is 0 Å². The fourth-order valence-electron chi connectivity index (χ4n) is 1.85. The Morgan fingerprint density at radius 3 is 2.94 bits per heavy atom. The lowest BCUT2D eigenvalue weighted by molar-refractivity contribution is -0.118. The molecule has 0 saturated carbocycles. The molecule has 0 unspecified atom stereocenters. The number of nitrogens with zero attached hydrogens (tertiary/aromatic N) is 2. The van der Waals surface area contributed by atoms with E-state index in [2.05, 4.69) is 20.9 Å². The van der Waals surface area contributed by atoms with Gasteiger partial charge in [-0.15, -0.1) is 0 Å². The molecular formula is C14H15BrN2O. The Kier molecular flexibility index (Phi) is 4.31. The largest absolute Gasteiger partial charge is 0.338 e. The molecule has 18 heavy (non-hydrogen) atoms. The summed E-state index contributed by atoms with van der Waals surface area (Å²) in [6.45, 7) is 0. The van der Waals surface area contributed by atoms with E-state index >= 15 is 0 Å². The molecule has 1 aromatic carbocycles. The van der Waals surface area contributed by atoms with Gasteiger partial charge in [-0.3, -0.25) is 4.79 Å². The Hall–Kier alpha value is -1.42. The van der Waals surface area contributed by atoms with Crippen molar-refractivity contribution in [2.75, 3.05) is 0 Å². The van der Waals surface area contributed by atoms with E-state index in [1.54, 1.807) is 6.20 Å². The van der Waals surface area contributed by atoms with Crippen LogP contribution in [-0.2, 0) is 24.7 Å². The molecule has 94 valence electrons. The predicted molar refractivity (Wildman–Crippen MR) is 74.4 cm³/mol. The molecule has 0 N–H and O–H groups in total. The molecule has 1 aromatic heterocycles. The maximum absolute atomic E-state index is 11.9. The number of aromatic nitrogens is 2. The summed E-state index contributed by atoms with van der Waals surface area (Å²) in [5, 5.41) is 0. The summed E-state index contributed by atoms with van der Waals surface area (Å²) in [6.07, 6.45) is 5.39. The molecule has 3 nitrogen and oxygen atoms in total. The number of rotatable bonds is 5. The first-order chi connectivity index (χ1) is 8.65. The van der Waals surface area contributed by atoms with E-state index in [-0.39, 0.29) is 5.78 Å². The molecule has 0 bridgehead atoms. The summed E-state index contributed by atoms with van der Waals surface area (Å²) in [5.74, 6) is 1.20. The molecule has 1 heterocycles. The van der Waals surface area contributed by atoms with E-state index in [1.807, 2.05) is 42.1 Å². The van der Waals surface area contributed by atoms with Gasteiger partial charge in [0.1, 0.15) is 11.6 Å². The first-order valence-electron chi connectivity index (χ1n) is 5.87. The van der Waals surface area contributed by atoms with Crippen molar-refractivity contribution in [2.24, 2.45) is 7.05 Å². The molecule has 0 spiro atoms. The molecule has 0 aliphatic rings. The molecule has 0 saturated heterocycles. The number of carbonyl (C=O) groups is 1. The van der Waals surface area contributed by atoms with Crippen LogP contribution in [0.25, 0.3) is 0 Å². The smallest absolute Gasteiger partial charge is 0.137 e. The van der Waals surface area contributed by atoms with E-state index in [1.165, 1.54) is 0 Å². The summed E-state index contributed by atoms with van der Waals surface area (Å²) >= 11 is 3.41. The molecule has 0 atom stereocenters. The van der Waals surface area contributed by atoms with Crippen LogP contribution < -0.4 is 0 Å². The normalized spacial score (nSPS) is 10.6. The van der Waals surface area contributed by atoms with E-state index < -0.39 is 0 Å². The minimum atomic E-state index is 0.246. The molecule has 0 radical (unpaired) electrons. The van der Waals surface area contributed by atoms with Gasteiger partial charge < -0.3 is 4.57 Å². The van der Waals surface area contributed by atoms with Crippen LogP contribution in [0.5, 0.6) is 0 Å². The first-order valence-corrected chi connectivity index (χ1v) is 6.67. The first kappa shape index (κ1) is 13.0. The molecule has 0 aliphatic heterocycles. The summed E-state index contributed by atoms with van der Waals surface area (Å²) in [5.41, 5.74) is 1.05. The number of ketones is 1. The lowest BCUT2D eigenvalue weighted by atomic mass is 10.1. The lowest BCUT2D eigenvalue weighted by Crippen LogP contribution is -2.06. The van der Waals surface area contributed by atoms with E-state index in [9.17, 15) is 4.79 Å². The zero-order valence-corrected chi connectivity index (χ0v) is 11.9. The van der Waals surface area contributed by atoms with Gasteiger partial charge >= 0.3 is 0 Å². The molecule has 4 heteroatoms. The highest BCUT2D eigenvalue weighted by Crippen LogP contribution is 2.13. The van der Waals surface area contributed by atoms with Gasteiger partial charge in [0.15, 0.2) is 0 Å². The Morgan fingerprint density at radius 2 is 2.28 bits per heavy atom. The van der Waals surface area contributed by atoms with Crippen molar-refractivity contribution in [2.45, 2.75) is 19.3 Å². The monoisotopic (exact) mass is 306 g/mol. The van der Waals surface area contributed by atoms with E-state index in [4.69, 9.17) is 0 Å². The van der Waals surface area contributed by atoms with Gasteiger partial charge in [0.2, 0.25) is 0 Å². The zero-order valence-electron chi connectivity index (χ0n) is 10.3. The zero-order chi connectivity index (χ0) is 13.0. The number of imidazole rings is 1. The quantitative estimate of drug-likeness (QED) is 0.851. The summed E-state index contributed by atoms with van der Waals surface area (Å²) in [7, 11) is 1.95. The van der Waals surface area contributed by atoms with Crippen LogP contribution in [0.4, 0.5) is 0 Å². The van der Waals surface area contributed by atoms with Crippen molar-refractivity contribution in [3.63, 3.8) is 0 Å². The summed E-state index contributed by atoms with van der Waals surface area (Å²) in [4.78, 5) is 16.1. The number of hydrogen-bond acceptors (Lipinski definition) is 2. The predicted octanol–water partition coefficient (Wildman–Crippen LogP) is 2.93. The van der Waals surface area contributed by atoms with E-state index in [0.717, 1.165) is 15.9 Å². The third-order valence-corrected chi connectivity index (χ3v) is 3.33. The van der Waals surface area contributed by atoms with Crippen LogP contribution in [-0.4, -0.2) is 15.3 Å². The second-order valence-electron chi connectivity index (χ2n) is 4.30. The lowest BCUT2D eigenvalue weighted by Gasteiger charge is -2.03. The van der Waals surface area contributed by atoms with Crippen molar-refractivity contribution in [3.05, 3.63) is 52.5 Å². The van der Waals surface area contributed by atoms with Gasteiger partial charge in [-0.25, -0.2) is 4.98 Å². The molecule has 2 rings (SSSR count). The average molecular weight is 307 g/mol. The number of halogens is 1. The van der Waals surface area contributed by atoms with Gasteiger partial charge in [-0.05, 0) is 17.7 Å². The fraction of sp³-hybridized carbons (Fsp3) is 0.286. The minimum absolute atomic E-state index is 0.246. The maximum atomic E-state index is 11.9. The van der Waals surface area contributed by atoms with Gasteiger partial charge in [-0.2, -0.15) is 0 Å². The van der Waals surface area contributed by atoms with Crippen molar-refractivity contribution in [3.8, 4) is 0 Å². The highest BCUT2D eigenvalue weighted by atomic mass is 79.9. The molecule has 0 amide bonds. The van der Waals surface area contributed by atoms with Gasteiger partial charge in [0.25, 0.3) is 0 Å². The van der Waals surface area contributed by atoms with Crippen LogP contribution in [0.2, 0.25) is 0 Å². The van der Waals surface area contributed by atoms with Gasteiger partial charge in [0, 0.05) is 43.2 Å². The molecular weight excluding hydrogens is 292 g/mol. The van der Waals surface area contributed by atoms with Crippen molar-refractivity contribution in [1.29, 1.82) is 0 Å². The number of hydrogen-bond donors (Lipinski definition) is 0. The average Bonchev–Trinajstić information content (AvgIpc) is 2.72. The molecule has 2 aromatic rings. The third-order valence-electron chi connectivity index (χ3n) is 2.84. The highest BCUT2D eigenvalue weighted by Gasteiger charge is 2.07. The summed E-state index contributed by atoms with van der Waals surface area (Å²) in [6, 6.07) is 7.87. The summed E-state index contributed by atoms with van der Waals surface area (Å²) < 4.78 is 2.96. The van der Waals surface area contributed by atoms with Crippen LogP contribution >= 0.6 is 15.9 Å². The number of carbonyl (C=O) groups excluding carboxylic acids is 1. The highest BCUT2D eigenvalue weighted by molar-refractivity contribution is 9.10. The SMILES string of the molecule is Cn1ccnc1CCC(=O)Cc1cccc(Br)c1. The van der Waals surface area contributed by atoms with Crippen LogP contribution in [0.15, 0.2) is 41.1 Å². The standard InChI is InChI=1S/C14H15BrN2O/c1-17-8-7-16-14(17)6-5-13(18)10-11-3-2-4-12(15)9-11/h2-4,7-9H,5-6,10H2,1H3. The van der Waals surface area contributed by atoms with Crippen molar-refractivity contribution < 1.29 is 4.79 Å². The van der Waals surface area contributed by atoms with Gasteiger partial charge in [0.05, 0.1) is 0 Å². The number of aryl methyl sites for hydroxylation is 2. The minimum Gasteiger partial charge on any atom is -0.338 e. The molecule has 0 aliphatic carbocycles. The Bertz CT molecular complexity index is 548. The number of benzene rings is 1. The topological polar surface area (TPSA) is 34.9 Å². The van der Waals surface area contributed by atoms with Crippen molar-refractivity contribution >= 4 is 21.7 Å². The number of Topliss-reactive ketones (excluding diaryl/α,β-unsaturated/α-hetero) is 1. The van der Waals surface area contributed by atoms with Crippen molar-refractivity contribution in [1.82, 2.24) is 9.55 Å².